The molecule has 0 saturated heterocycles. The lowest BCUT2D eigenvalue weighted by Gasteiger charge is -2.04. The van der Waals surface area contributed by atoms with Gasteiger partial charge >= 0.3 is 0 Å². The summed E-state index contributed by atoms with van der Waals surface area (Å²) in [5.74, 6) is 0.852. The Morgan fingerprint density at radius 2 is 2.23 bits per heavy atom. The zero-order valence-corrected chi connectivity index (χ0v) is 8.81. The Bertz CT molecular complexity index is 328. The fraction of sp³-hybridized carbons (Fsp3) is 0.300. The summed E-state index contributed by atoms with van der Waals surface area (Å²) in [6, 6.07) is 1.90. The van der Waals surface area contributed by atoms with Crippen molar-refractivity contribution < 1.29 is 0 Å². The van der Waals surface area contributed by atoms with E-state index in [1.54, 1.807) is 6.20 Å². The minimum atomic E-state index is 0.659. The number of anilines is 1. The van der Waals surface area contributed by atoms with E-state index in [9.17, 15) is 0 Å². The first-order valence-electron chi connectivity index (χ1n) is 4.11. The molecule has 1 aromatic heterocycles. The van der Waals surface area contributed by atoms with Crippen LogP contribution < -0.4 is 5.32 Å². The molecule has 0 aliphatic heterocycles. The fourth-order valence-electron chi connectivity index (χ4n) is 1.08. The van der Waals surface area contributed by atoms with Gasteiger partial charge in [-0.15, -0.1) is 0 Å². The minimum Gasteiger partial charge on any atom is -0.373 e. The van der Waals surface area contributed by atoms with Crippen molar-refractivity contribution in [3.05, 3.63) is 28.4 Å². The van der Waals surface area contributed by atoms with Gasteiger partial charge in [-0.3, -0.25) is 0 Å². The lowest BCUT2D eigenvalue weighted by molar-refractivity contribution is 1.27. The molecule has 13 heavy (non-hydrogen) atoms. The average Bonchev–Trinajstić information content (AvgIpc) is 2.03. The van der Waals surface area contributed by atoms with Crippen molar-refractivity contribution in [3.63, 3.8) is 0 Å². The number of halogens is 1. The first-order valence-corrected chi connectivity index (χ1v) is 4.49. The number of hydrogen-bond acceptors (Lipinski definition) is 2. The van der Waals surface area contributed by atoms with Gasteiger partial charge in [0.1, 0.15) is 5.82 Å². The minimum absolute atomic E-state index is 0.659. The monoisotopic (exact) mass is 196 g/mol. The number of nitrogens with zero attached hydrogens (tertiary/aromatic N) is 1. The van der Waals surface area contributed by atoms with E-state index in [0.717, 1.165) is 11.4 Å². The smallest absolute Gasteiger partial charge is 0.133 e. The van der Waals surface area contributed by atoms with Crippen molar-refractivity contribution in [1.82, 2.24) is 4.98 Å². The molecule has 2 nitrogen and oxygen atoms in total. The summed E-state index contributed by atoms with van der Waals surface area (Å²) in [6.45, 7) is 4.08. The van der Waals surface area contributed by atoms with Crippen LogP contribution in [0.1, 0.15) is 19.4 Å². The van der Waals surface area contributed by atoms with Crippen LogP contribution in [0.2, 0.25) is 5.02 Å². The van der Waals surface area contributed by atoms with Crippen LogP contribution >= 0.6 is 11.6 Å². The fourth-order valence-corrected chi connectivity index (χ4v) is 1.25. The zero-order chi connectivity index (χ0) is 9.84. The number of nitrogens with one attached hydrogen (secondary N) is 1. The van der Waals surface area contributed by atoms with E-state index in [-0.39, 0.29) is 0 Å². The van der Waals surface area contributed by atoms with Gasteiger partial charge in [-0.2, -0.15) is 0 Å². The second-order valence-corrected chi connectivity index (χ2v) is 3.50. The summed E-state index contributed by atoms with van der Waals surface area (Å²) < 4.78 is 0. The lowest BCUT2D eigenvalue weighted by Crippen LogP contribution is -1.94. The highest BCUT2D eigenvalue weighted by atomic mass is 35.5. The van der Waals surface area contributed by atoms with Gasteiger partial charge in [-0.25, -0.2) is 4.98 Å². The molecule has 70 valence electrons. The van der Waals surface area contributed by atoms with Crippen LogP contribution in [0.3, 0.4) is 0 Å². The molecule has 0 amide bonds. The van der Waals surface area contributed by atoms with Gasteiger partial charge in [0.05, 0.1) is 5.02 Å². The van der Waals surface area contributed by atoms with E-state index in [1.807, 2.05) is 33.0 Å². The van der Waals surface area contributed by atoms with E-state index in [4.69, 9.17) is 11.6 Å². The van der Waals surface area contributed by atoms with Crippen LogP contribution in [0, 0.1) is 0 Å². The maximum absolute atomic E-state index is 5.84. The molecule has 1 rings (SSSR count). The third-order valence-electron chi connectivity index (χ3n) is 1.56. The van der Waals surface area contributed by atoms with Gasteiger partial charge in [-0.1, -0.05) is 23.3 Å². The number of rotatable bonds is 2. The number of allylic oxidation sites excluding steroid dienone is 1. The first-order chi connectivity index (χ1) is 6.13. The number of hydrogen-bond donors (Lipinski definition) is 1. The van der Waals surface area contributed by atoms with Gasteiger partial charge in [0, 0.05) is 18.8 Å². The summed E-state index contributed by atoms with van der Waals surface area (Å²) in [7, 11) is 1.85. The van der Waals surface area contributed by atoms with Gasteiger partial charge in [0.15, 0.2) is 0 Å². The predicted octanol–water partition coefficient (Wildman–Crippen LogP) is 3.20. The molecular formula is C10H13ClN2. The standard InChI is InChI=1S/C10H13ClN2/c1-7(2)4-8-5-9(11)6-13-10(8)12-3/h4-6H,1-3H3,(H,12,13). The summed E-state index contributed by atoms with van der Waals surface area (Å²) in [5.41, 5.74) is 2.25. The SMILES string of the molecule is CNc1ncc(Cl)cc1C=C(C)C. The summed E-state index contributed by atoms with van der Waals surface area (Å²) in [6.07, 6.45) is 3.68. The zero-order valence-electron chi connectivity index (χ0n) is 8.06. The molecule has 0 aliphatic rings. The molecule has 0 unspecified atom stereocenters. The van der Waals surface area contributed by atoms with E-state index < -0.39 is 0 Å². The van der Waals surface area contributed by atoms with Crippen LogP contribution in [0.4, 0.5) is 5.82 Å². The highest BCUT2D eigenvalue weighted by Crippen LogP contribution is 2.19. The third kappa shape index (κ3) is 2.74. The van der Waals surface area contributed by atoms with Crippen molar-refractivity contribution in [2.45, 2.75) is 13.8 Å². The largest absolute Gasteiger partial charge is 0.373 e. The Morgan fingerprint density at radius 3 is 2.77 bits per heavy atom. The summed E-state index contributed by atoms with van der Waals surface area (Å²) in [5, 5.41) is 3.67. The lowest BCUT2D eigenvalue weighted by atomic mass is 10.2. The number of pyridine rings is 1. The molecule has 0 atom stereocenters. The Labute approximate surface area is 83.6 Å². The highest BCUT2D eigenvalue weighted by Gasteiger charge is 1.99. The van der Waals surface area contributed by atoms with Crippen molar-refractivity contribution in [3.8, 4) is 0 Å². The van der Waals surface area contributed by atoms with Crippen LogP contribution in [-0.2, 0) is 0 Å². The molecule has 0 aromatic carbocycles. The van der Waals surface area contributed by atoms with E-state index in [0.29, 0.717) is 5.02 Å². The normalized spacial score (nSPS) is 9.54. The van der Waals surface area contributed by atoms with Gasteiger partial charge < -0.3 is 5.32 Å². The van der Waals surface area contributed by atoms with Gasteiger partial charge in [0.25, 0.3) is 0 Å². The summed E-state index contributed by atoms with van der Waals surface area (Å²) >= 11 is 5.84. The predicted molar refractivity (Wildman–Crippen MR) is 58.1 cm³/mol. The molecule has 0 radical (unpaired) electrons. The second kappa shape index (κ2) is 4.28. The quantitative estimate of drug-likeness (QED) is 0.786. The van der Waals surface area contributed by atoms with Crippen LogP contribution in [0.15, 0.2) is 17.8 Å². The Hall–Kier alpha value is -1.02. The van der Waals surface area contributed by atoms with E-state index >= 15 is 0 Å². The third-order valence-corrected chi connectivity index (χ3v) is 1.77. The van der Waals surface area contributed by atoms with Gasteiger partial charge in [-0.05, 0) is 19.9 Å². The second-order valence-electron chi connectivity index (χ2n) is 3.06. The number of aromatic nitrogens is 1. The summed E-state index contributed by atoms with van der Waals surface area (Å²) in [4.78, 5) is 4.16. The molecule has 0 saturated carbocycles. The highest BCUT2D eigenvalue weighted by molar-refractivity contribution is 6.30. The molecule has 0 bridgehead atoms. The Kier molecular flexibility index (Phi) is 3.32. The van der Waals surface area contributed by atoms with Crippen molar-refractivity contribution in [2.75, 3.05) is 12.4 Å². The van der Waals surface area contributed by atoms with Crippen molar-refractivity contribution in [2.24, 2.45) is 0 Å². The molecule has 0 aliphatic carbocycles. The van der Waals surface area contributed by atoms with Crippen LogP contribution in [0.5, 0.6) is 0 Å². The molecule has 1 aromatic rings. The molecule has 0 spiro atoms. The Morgan fingerprint density at radius 1 is 1.54 bits per heavy atom. The molecule has 1 N–H and O–H groups in total. The topological polar surface area (TPSA) is 24.9 Å². The van der Waals surface area contributed by atoms with Gasteiger partial charge in [0.2, 0.25) is 0 Å². The molecule has 1 heterocycles. The Balaban J connectivity index is 3.16. The maximum atomic E-state index is 5.84. The molecular weight excluding hydrogens is 184 g/mol. The van der Waals surface area contributed by atoms with Crippen LogP contribution in [-0.4, -0.2) is 12.0 Å². The van der Waals surface area contributed by atoms with Crippen molar-refractivity contribution >= 4 is 23.5 Å². The maximum Gasteiger partial charge on any atom is 0.133 e. The van der Waals surface area contributed by atoms with Crippen molar-refractivity contribution in [1.29, 1.82) is 0 Å². The molecule has 3 heteroatoms. The average molecular weight is 197 g/mol. The first kappa shape index (κ1) is 10.1. The van der Waals surface area contributed by atoms with E-state index in [1.165, 1.54) is 5.57 Å². The molecule has 0 fully saturated rings. The van der Waals surface area contributed by atoms with E-state index in [2.05, 4.69) is 10.3 Å². The van der Waals surface area contributed by atoms with Crippen LogP contribution in [0.25, 0.3) is 6.08 Å².